The summed E-state index contributed by atoms with van der Waals surface area (Å²) < 4.78 is 40.6. The molecule has 0 unspecified atom stereocenters. The van der Waals surface area contributed by atoms with Gasteiger partial charge in [0.1, 0.15) is 5.75 Å². The molecule has 0 aliphatic carbocycles. The maximum Gasteiger partial charge on any atom is 0.573 e. The highest BCUT2D eigenvalue weighted by molar-refractivity contribution is 9.10. The molecular weight excluding hydrogens is 299 g/mol. The van der Waals surface area contributed by atoms with E-state index in [0.717, 1.165) is 6.42 Å². The number of ether oxygens (including phenoxy) is 1. The third-order valence-corrected chi connectivity index (χ3v) is 2.61. The van der Waals surface area contributed by atoms with E-state index in [1.807, 2.05) is 6.92 Å². The van der Waals surface area contributed by atoms with Gasteiger partial charge in [0.15, 0.2) is 0 Å². The lowest BCUT2D eigenvalue weighted by Gasteiger charge is -2.14. The van der Waals surface area contributed by atoms with Gasteiger partial charge >= 0.3 is 6.36 Å². The molecule has 0 saturated heterocycles. The molecule has 0 spiro atoms. The monoisotopic (exact) mass is 311 g/mol. The smallest absolute Gasteiger partial charge is 0.406 e. The molecule has 1 atom stereocenters. The van der Waals surface area contributed by atoms with Crippen LogP contribution in [0.3, 0.4) is 0 Å². The topological polar surface area (TPSA) is 35.2 Å². The quantitative estimate of drug-likeness (QED) is 0.906. The third kappa shape index (κ3) is 4.95. The first-order valence-corrected chi connectivity index (χ1v) is 5.93. The van der Waals surface area contributed by atoms with Gasteiger partial charge in [0.2, 0.25) is 0 Å². The lowest BCUT2D eigenvalue weighted by atomic mass is 10.0. The van der Waals surface area contributed by atoms with Crippen LogP contribution in [0.1, 0.15) is 31.4 Å². The van der Waals surface area contributed by atoms with Gasteiger partial charge in [0.25, 0.3) is 0 Å². The van der Waals surface area contributed by atoms with Crippen molar-refractivity contribution in [2.75, 3.05) is 0 Å². The third-order valence-electron chi connectivity index (χ3n) is 2.16. The molecule has 17 heavy (non-hydrogen) atoms. The van der Waals surface area contributed by atoms with Crippen molar-refractivity contribution in [2.24, 2.45) is 5.73 Å². The summed E-state index contributed by atoms with van der Waals surface area (Å²) in [6, 6.07) is 3.99. The Kier molecular flexibility index (Phi) is 4.82. The van der Waals surface area contributed by atoms with Gasteiger partial charge in [-0.05, 0) is 30.2 Å². The SMILES string of the molecule is CCC[C@@H](N)c1cc(Br)cc(OC(F)(F)F)c1. The molecule has 0 heterocycles. The van der Waals surface area contributed by atoms with E-state index >= 15 is 0 Å². The number of halogens is 4. The predicted molar refractivity (Wildman–Crippen MR) is 62.7 cm³/mol. The average molecular weight is 312 g/mol. The summed E-state index contributed by atoms with van der Waals surface area (Å²) in [5, 5.41) is 0. The highest BCUT2D eigenvalue weighted by Crippen LogP contribution is 2.29. The van der Waals surface area contributed by atoms with Crippen molar-refractivity contribution in [1.29, 1.82) is 0 Å². The summed E-state index contributed by atoms with van der Waals surface area (Å²) in [5.41, 5.74) is 6.47. The Morgan fingerprint density at radius 2 is 2.00 bits per heavy atom. The molecule has 0 aliphatic heterocycles. The molecule has 2 N–H and O–H groups in total. The Bertz CT molecular complexity index is 381. The largest absolute Gasteiger partial charge is 0.573 e. The lowest BCUT2D eigenvalue weighted by molar-refractivity contribution is -0.274. The second-order valence-electron chi connectivity index (χ2n) is 3.66. The first kappa shape index (κ1) is 14.3. The van der Waals surface area contributed by atoms with Gasteiger partial charge in [-0.3, -0.25) is 0 Å². The van der Waals surface area contributed by atoms with Gasteiger partial charge < -0.3 is 10.5 Å². The Hall–Kier alpha value is -0.750. The van der Waals surface area contributed by atoms with E-state index in [9.17, 15) is 13.2 Å². The first-order chi connectivity index (χ1) is 7.81. The molecule has 6 heteroatoms. The number of benzene rings is 1. The number of nitrogens with two attached hydrogens (primary N) is 1. The van der Waals surface area contributed by atoms with Crippen LogP contribution >= 0.6 is 15.9 Å². The number of alkyl halides is 3. The van der Waals surface area contributed by atoms with E-state index in [1.54, 1.807) is 6.07 Å². The summed E-state index contributed by atoms with van der Waals surface area (Å²) in [5.74, 6) is -0.256. The Morgan fingerprint density at radius 3 is 2.53 bits per heavy atom. The molecule has 0 fully saturated rings. The molecule has 1 rings (SSSR count). The van der Waals surface area contributed by atoms with E-state index in [4.69, 9.17) is 5.73 Å². The minimum atomic E-state index is -4.69. The predicted octanol–water partition coefficient (Wildman–Crippen LogP) is 4.15. The minimum absolute atomic E-state index is 0.256. The van der Waals surface area contributed by atoms with Gasteiger partial charge in [-0.1, -0.05) is 29.3 Å². The van der Waals surface area contributed by atoms with Crippen molar-refractivity contribution >= 4 is 15.9 Å². The maximum atomic E-state index is 12.1. The molecular formula is C11H13BrF3NO. The van der Waals surface area contributed by atoms with E-state index in [-0.39, 0.29) is 11.8 Å². The van der Waals surface area contributed by atoms with Gasteiger partial charge in [0, 0.05) is 10.5 Å². The van der Waals surface area contributed by atoms with Gasteiger partial charge in [-0.25, -0.2) is 0 Å². The van der Waals surface area contributed by atoms with Crippen molar-refractivity contribution < 1.29 is 17.9 Å². The molecule has 1 aromatic rings. The first-order valence-electron chi connectivity index (χ1n) is 5.13. The number of rotatable bonds is 4. The van der Waals surface area contributed by atoms with Crippen LogP contribution in [0, 0.1) is 0 Å². The lowest BCUT2D eigenvalue weighted by Crippen LogP contribution is -2.18. The minimum Gasteiger partial charge on any atom is -0.406 e. The van der Waals surface area contributed by atoms with Crippen LogP contribution in [0.4, 0.5) is 13.2 Å². The summed E-state index contributed by atoms with van der Waals surface area (Å²) in [6.45, 7) is 1.96. The van der Waals surface area contributed by atoms with Crippen molar-refractivity contribution in [1.82, 2.24) is 0 Å². The van der Waals surface area contributed by atoms with E-state index in [0.29, 0.717) is 16.5 Å². The molecule has 0 radical (unpaired) electrons. The molecule has 1 aromatic carbocycles. The van der Waals surface area contributed by atoms with Crippen LogP contribution in [0.25, 0.3) is 0 Å². The van der Waals surface area contributed by atoms with E-state index < -0.39 is 6.36 Å². The summed E-state index contributed by atoms with van der Waals surface area (Å²) in [7, 11) is 0. The molecule has 0 bridgehead atoms. The van der Waals surface area contributed by atoms with Gasteiger partial charge in [-0.15, -0.1) is 13.2 Å². The highest BCUT2D eigenvalue weighted by atomic mass is 79.9. The van der Waals surface area contributed by atoms with Crippen molar-refractivity contribution in [3.8, 4) is 5.75 Å². The molecule has 96 valence electrons. The Balaban J connectivity index is 2.94. The van der Waals surface area contributed by atoms with Crippen LogP contribution in [0.2, 0.25) is 0 Å². The Morgan fingerprint density at radius 1 is 1.35 bits per heavy atom. The standard InChI is InChI=1S/C11H13BrF3NO/c1-2-3-10(16)7-4-8(12)6-9(5-7)17-11(13,14)15/h4-6,10H,2-3,16H2,1H3/t10-/m1/s1. The van der Waals surface area contributed by atoms with Gasteiger partial charge in [0.05, 0.1) is 0 Å². The fraction of sp³-hybridized carbons (Fsp3) is 0.455. The summed E-state index contributed by atoms with van der Waals surface area (Å²) in [4.78, 5) is 0. The molecule has 0 aliphatic rings. The van der Waals surface area contributed by atoms with Crippen LogP contribution < -0.4 is 10.5 Å². The fourth-order valence-electron chi connectivity index (χ4n) is 1.47. The zero-order valence-electron chi connectivity index (χ0n) is 9.22. The second kappa shape index (κ2) is 5.73. The van der Waals surface area contributed by atoms with Crippen LogP contribution in [0.5, 0.6) is 5.75 Å². The maximum absolute atomic E-state index is 12.1. The van der Waals surface area contributed by atoms with E-state index in [2.05, 4.69) is 20.7 Å². The average Bonchev–Trinajstić information content (AvgIpc) is 2.14. The fourth-order valence-corrected chi connectivity index (χ4v) is 1.96. The Labute approximate surface area is 106 Å². The zero-order valence-corrected chi connectivity index (χ0v) is 10.8. The van der Waals surface area contributed by atoms with Crippen LogP contribution in [0.15, 0.2) is 22.7 Å². The number of hydrogen-bond acceptors (Lipinski definition) is 2. The molecule has 2 nitrogen and oxygen atoms in total. The summed E-state index contributed by atoms with van der Waals surface area (Å²) >= 11 is 3.14. The zero-order chi connectivity index (χ0) is 13.1. The van der Waals surface area contributed by atoms with E-state index in [1.165, 1.54) is 12.1 Å². The van der Waals surface area contributed by atoms with Crippen molar-refractivity contribution in [3.63, 3.8) is 0 Å². The second-order valence-corrected chi connectivity index (χ2v) is 4.58. The van der Waals surface area contributed by atoms with Crippen molar-refractivity contribution in [3.05, 3.63) is 28.2 Å². The molecule has 0 aromatic heterocycles. The molecule has 0 amide bonds. The molecule has 0 saturated carbocycles. The van der Waals surface area contributed by atoms with Crippen molar-refractivity contribution in [2.45, 2.75) is 32.2 Å². The van der Waals surface area contributed by atoms with Crippen LogP contribution in [-0.2, 0) is 0 Å². The van der Waals surface area contributed by atoms with Crippen LogP contribution in [-0.4, -0.2) is 6.36 Å². The highest BCUT2D eigenvalue weighted by Gasteiger charge is 2.31. The van der Waals surface area contributed by atoms with Gasteiger partial charge in [-0.2, -0.15) is 0 Å². The normalized spacial score (nSPS) is 13.5. The summed E-state index contributed by atoms with van der Waals surface area (Å²) in [6.07, 6.45) is -3.11. The number of hydrogen-bond donors (Lipinski definition) is 1.